The van der Waals surface area contributed by atoms with Crippen molar-refractivity contribution in [2.75, 3.05) is 19.7 Å². The van der Waals surface area contributed by atoms with Crippen molar-refractivity contribution < 1.29 is 22.7 Å². The summed E-state index contributed by atoms with van der Waals surface area (Å²) in [7, 11) is -3.55. The number of benzene rings is 1. The van der Waals surface area contributed by atoms with E-state index in [0.29, 0.717) is 18.8 Å². The summed E-state index contributed by atoms with van der Waals surface area (Å²) in [6, 6.07) is 5.67. The molecule has 148 valence electrons. The number of Topliss-reactive ketones (excluding diaryl/α,β-unsaturated/α-hetero) is 1. The first kappa shape index (κ1) is 20.1. The molecule has 1 aromatic heterocycles. The number of ketones is 1. The number of hydrogen-bond acceptors (Lipinski definition) is 7. The lowest BCUT2D eigenvalue weighted by Crippen LogP contribution is -2.35. The van der Waals surface area contributed by atoms with Gasteiger partial charge in [0.25, 0.3) is 0 Å². The minimum atomic E-state index is -3.55. The number of hydrogen-bond donors (Lipinski definition) is 0. The summed E-state index contributed by atoms with van der Waals surface area (Å²) in [5.74, 6) is -1.18. The Balaban J connectivity index is 1.62. The summed E-state index contributed by atoms with van der Waals surface area (Å²) in [6.45, 7) is 2.30. The smallest absolute Gasteiger partial charge is 0.358 e. The third kappa shape index (κ3) is 4.60. The van der Waals surface area contributed by atoms with Crippen molar-refractivity contribution in [2.45, 2.75) is 31.1 Å². The number of carbonyl (C=O) groups excluding carboxylic acids is 2. The summed E-state index contributed by atoms with van der Waals surface area (Å²) in [4.78, 5) is 32.1. The molecule has 0 amide bonds. The summed E-state index contributed by atoms with van der Waals surface area (Å²) in [5, 5.41) is 0. The fourth-order valence-corrected chi connectivity index (χ4v) is 4.37. The molecule has 2 heterocycles. The summed E-state index contributed by atoms with van der Waals surface area (Å²) in [5.41, 5.74) is 0.939. The highest BCUT2D eigenvalue weighted by Gasteiger charge is 2.26. The molecule has 0 radical (unpaired) electrons. The Bertz CT molecular complexity index is 950. The average Bonchev–Trinajstić information content (AvgIpc) is 2.73. The lowest BCUT2D eigenvalue weighted by atomic mass is 10.1. The van der Waals surface area contributed by atoms with Crippen LogP contribution in [0.4, 0.5) is 0 Å². The summed E-state index contributed by atoms with van der Waals surface area (Å²) in [6.07, 6.45) is 5.45. The molecule has 1 aliphatic heterocycles. The fourth-order valence-electron chi connectivity index (χ4n) is 2.85. The predicted octanol–water partition coefficient (Wildman–Crippen LogP) is 2.00. The van der Waals surface area contributed by atoms with Crippen molar-refractivity contribution in [3.8, 4) is 0 Å². The molecular weight excluding hydrogens is 382 g/mol. The van der Waals surface area contributed by atoms with Crippen molar-refractivity contribution >= 4 is 21.8 Å². The van der Waals surface area contributed by atoms with Crippen molar-refractivity contribution in [3.63, 3.8) is 0 Å². The van der Waals surface area contributed by atoms with Crippen molar-refractivity contribution in [1.82, 2.24) is 14.3 Å². The van der Waals surface area contributed by atoms with Gasteiger partial charge in [-0.05, 0) is 44.0 Å². The van der Waals surface area contributed by atoms with Gasteiger partial charge in [0.05, 0.1) is 16.8 Å². The number of ether oxygens (including phenoxy) is 1. The predicted molar refractivity (Wildman–Crippen MR) is 100 cm³/mol. The molecule has 28 heavy (non-hydrogen) atoms. The number of aryl methyl sites for hydroxylation is 1. The zero-order valence-corrected chi connectivity index (χ0v) is 16.3. The largest absolute Gasteiger partial charge is 0.453 e. The molecule has 0 atom stereocenters. The van der Waals surface area contributed by atoms with Gasteiger partial charge in [0.1, 0.15) is 0 Å². The van der Waals surface area contributed by atoms with Crippen molar-refractivity contribution in [3.05, 3.63) is 53.6 Å². The average molecular weight is 403 g/mol. The molecule has 0 saturated carbocycles. The fraction of sp³-hybridized carbons (Fsp3) is 0.368. The highest BCUT2D eigenvalue weighted by Crippen LogP contribution is 2.21. The molecule has 9 heteroatoms. The Morgan fingerprint density at radius 3 is 2.32 bits per heavy atom. The number of piperidine rings is 1. The molecular formula is C19H21N3O5S. The van der Waals surface area contributed by atoms with Gasteiger partial charge in [0.15, 0.2) is 18.1 Å². The Morgan fingerprint density at radius 2 is 1.71 bits per heavy atom. The maximum absolute atomic E-state index is 12.6. The van der Waals surface area contributed by atoms with E-state index >= 15 is 0 Å². The second-order valence-corrected chi connectivity index (χ2v) is 8.47. The number of carbonyl (C=O) groups is 2. The van der Waals surface area contributed by atoms with Crippen LogP contribution in [0.15, 0.2) is 41.6 Å². The Labute approximate surface area is 163 Å². The first-order valence-corrected chi connectivity index (χ1v) is 10.4. The molecule has 1 fully saturated rings. The van der Waals surface area contributed by atoms with Crippen molar-refractivity contribution in [2.24, 2.45) is 0 Å². The first-order valence-electron chi connectivity index (χ1n) is 8.97. The van der Waals surface area contributed by atoms with Crippen LogP contribution in [0, 0.1) is 6.92 Å². The highest BCUT2D eigenvalue weighted by molar-refractivity contribution is 7.89. The third-order valence-corrected chi connectivity index (χ3v) is 6.37. The van der Waals surface area contributed by atoms with Crippen LogP contribution < -0.4 is 0 Å². The number of esters is 1. The van der Waals surface area contributed by atoms with Crippen LogP contribution in [-0.2, 0) is 14.8 Å². The zero-order chi connectivity index (χ0) is 20.1. The normalized spacial score (nSPS) is 15.2. The molecule has 0 bridgehead atoms. The molecule has 0 spiro atoms. The van der Waals surface area contributed by atoms with E-state index in [1.807, 2.05) is 0 Å². The molecule has 3 rings (SSSR count). The lowest BCUT2D eigenvalue weighted by Gasteiger charge is -2.25. The van der Waals surface area contributed by atoms with E-state index in [4.69, 9.17) is 4.74 Å². The Hall–Kier alpha value is -2.65. The SMILES string of the molecule is Cc1cnc(C(=O)OCC(=O)c2ccc(S(=O)(=O)N3CCCCC3)cc2)cn1. The van der Waals surface area contributed by atoms with Crippen LogP contribution in [-0.4, -0.2) is 54.1 Å². The number of sulfonamides is 1. The summed E-state index contributed by atoms with van der Waals surface area (Å²) >= 11 is 0. The van der Waals surface area contributed by atoms with Gasteiger partial charge in [-0.15, -0.1) is 0 Å². The standard InChI is InChI=1S/C19H21N3O5S/c1-14-11-21-17(12-20-14)19(24)27-13-18(23)15-5-7-16(8-6-15)28(25,26)22-9-3-2-4-10-22/h5-8,11-12H,2-4,9-10,13H2,1H3. The second kappa shape index (κ2) is 8.57. The monoisotopic (exact) mass is 403 g/mol. The van der Waals surface area contributed by atoms with E-state index in [-0.39, 0.29) is 16.2 Å². The Morgan fingerprint density at radius 1 is 1.04 bits per heavy atom. The number of aromatic nitrogens is 2. The lowest BCUT2D eigenvalue weighted by molar-refractivity contribution is 0.0468. The van der Waals surface area contributed by atoms with Gasteiger partial charge >= 0.3 is 5.97 Å². The van der Waals surface area contributed by atoms with Crippen LogP contribution in [0.3, 0.4) is 0 Å². The highest BCUT2D eigenvalue weighted by atomic mass is 32.2. The maximum atomic E-state index is 12.6. The summed E-state index contributed by atoms with van der Waals surface area (Å²) < 4.78 is 31.7. The number of nitrogens with zero attached hydrogens (tertiary/aromatic N) is 3. The molecule has 8 nitrogen and oxygen atoms in total. The van der Waals surface area contributed by atoms with Gasteiger partial charge in [-0.2, -0.15) is 4.31 Å². The van der Waals surface area contributed by atoms with Gasteiger partial charge in [0.2, 0.25) is 10.0 Å². The first-order chi connectivity index (χ1) is 13.4. The third-order valence-electron chi connectivity index (χ3n) is 4.45. The van der Waals surface area contributed by atoms with Crippen LogP contribution in [0.2, 0.25) is 0 Å². The molecule has 1 saturated heterocycles. The maximum Gasteiger partial charge on any atom is 0.358 e. The van der Waals surface area contributed by atoms with E-state index in [9.17, 15) is 18.0 Å². The second-order valence-electron chi connectivity index (χ2n) is 6.53. The van der Waals surface area contributed by atoms with Crippen LogP contribution in [0.1, 0.15) is 45.8 Å². The molecule has 0 unspecified atom stereocenters. The van der Waals surface area contributed by atoms with E-state index in [1.165, 1.54) is 41.0 Å². The molecule has 1 aliphatic rings. The topological polar surface area (TPSA) is 107 Å². The van der Waals surface area contributed by atoms with E-state index in [1.54, 1.807) is 6.92 Å². The van der Waals surface area contributed by atoms with Crippen LogP contribution >= 0.6 is 0 Å². The van der Waals surface area contributed by atoms with E-state index in [2.05, 4.69) is 9.97 Å². The molecule has 0 aliphatic carbocycles. The molecule has 0 N–H and O–H groups in total. The van der Waals surface area contributed by atoms with Gasteiger partial charge < -0.3 is 4.74 Å². The van der Waals surface area contributed by atoms with E-state index < -0.39 is 28.4 Å². The van der Waals surface area contributed by atoms with Gasteiger partial charge in [-0.3, -0.25) is 9.78 Å². The van der Waals surface area contributed by atoms with E-state index in [0.717, 1.165) is 19.3 Å². The number of rotatable bonds is 6. The quantitative estimate of drug-likeness (QED) is 0.536. The Kier molecular flexibility index (Phi) is 6.15. The van der Waals surface area contributed by atoms with Crippen LogP contribution in [0.5, 0.6) is 0 Å². The molecule has 2 aromatic rings. The van der Waals surface area contributed by atoms with Crippen molar-refractivity contribution in [1.29, 1.82) is 0 Å². The van der Waals surface area contributed by atoms with Gasteiger partial charge in [-0.1, -0.05) is 6.42 Å². The molecule has 1 aromatic carbocycles. The van der Waals surface area contributed by atoms with Crippen LogP contribution in [0.25, 0.3) is 0 Å². The minimum absolute atomic E-state index is 0.0152. The zero-order valence-electron chi connectivity index (χ0n) is 15.5. The van der Waals surface area contributed by atoms with Gasteiger partial charge in [0, 0.05) is 24.8 Å². The van der Waals surface area contributed by atoms with Gasteiger partial charge in [-0.25, -0.2) is 18.2 Å². The minimum Gasteiger partial charge on any atom is -0.453 e.